The molecule has 0 bridgehead atoms. The van der Waals surface area contributed by atoms with Crippen LogP contribution in [0.2, 0.25) is 0 Å². The van der Waals surface area contributed by atoms with E-state index in [0.717, 1.165) is 16.5 Å². The molecule has 0 spiro atoms. The number of carbonyl (C=O) groups is 2. The number of hydrogen-bond acceptors (Lipinski definition) is 2. The summed E-state index contributed by atoms with van der Waals surface area (Å²) in [4.78, 5) is 24.8. The molecule has 1 aromatic rings. The van der Waals surface area contributed by atoms with Gasteiger partial charge in [-0.2, -0.15) is 0 Å². The number of benzene rings is 1. The molecular weight excluding hydrogens is 298 g/mol. The SMILES string of the molecule is Cc1cc(Br)cc(C(=O)N2CCCC2C(=O)O)c1. The minimum absolute atomic E-state index is 0.204. The summed E-state index contributed by atoms with van der Waals surface area (Å²) in [6, 6.07) is 4.74. The van der Waals surface area contributed by atoms with Gasteiger partial charge in [-0.15, -0.1) is 0 Å². The van der Waals surface area contributed by atoms with Crippen molar-refractivity contribution in [1.82, 2.24) is 4.90 Å². The Hall–Kier alpha value is -1.36. The largest absolute Gasteiger partial charge is 0.480 e. The van der Waals surface area contributed by atoms with Crippen molar-refractivity contribution >= 4 is 27.8 Å². The minimum atomic E-state index is -0.924. The number of aryl methyl sites for hydroxylation is 1. The number of nitrogens with zero attached hydrogens (tertiary/aromatic N) is 1. The molecule has 0 radical (unpaired) electrons. The van der Waals surface area contributed by atoms with Gasteiger partial charge in [0.1, 0.15) is 6.04 Å². The summed E-state index contributed by atoms with van der Waals surface area (Å²) in [5.74, 6) is -1.13. The Morgan fingerprint density at radius 2 is 2.11 bits per heavy atom. The molecule has 18 heavy (non-hydrogen) atoms. The minimum Gasteiger partial charge on any atom is -0.480 e. The quantitative estimate of drug-likeness (QED) is 0.912. The van der Waals surface area contributed by atoms with Gasteiger partial charge in [0.15, 0.2) is 0 Å². The summed E-state index contributed by atoms with van der Waals surface area (Å²) >= 11 is 3.35. The lowest BCUT2D eigenvalue weighted by molar-refractivity contribution is -0.141. The molecule has 0 aromatic heterocycles. The number of halogens is 1. The lowest BCUT2D eigenvalue weighted by Crippen LogP contribution is -2.40. The zero-order chi connectivity index (χ0) is 13.3. The highest BCUT2D eigenvalue weighted by molar-refractivity contribution is 9.10. The van der Waals surface area contributed by atoms with Gasteiger partial charge in [-0.1, -0.05) is 15.9 Å². The van der Waals surface area contributed by atoms with Crippen LogP contribution in [0.5, 0.6) is 0 Å². The maximum absolute atomic E-state index is 12.3. The van der Waals surface area contributed by atoms with Crippen molar-refractivity contribution in [3.05, 3.63) is 33.8 Å². The molecule has 1 unspecified atom stereocenters. The molecule has 1 aromatic carbocycles. The van der Waals surface area contributed by atoms with E-state index in [1.807, 2.05) is 13.0 Å². The van der Waals surface area contributed by atoms with Crippen LogP contribution in [0, 0.1) is 6.92 Å². The number of carboxylic acids is 1. The van der Waals surface area contributed by atoms with Crippen LogP contribution >= 0.6 is 15.9 Å². The second kappa shape index (κ2) is 5.10. The van der Waals surface area contributed by atoms with Gasteiger partial charge in [-0.25, -0.2) is 4.79 Å². The lowest BCUT2D eigenvalue weighted by atomic mass is 10.1. The Morgan fingerprint density at radius 1 is 1.39 bits per heavy atom. The van der Waals surface area contributed by atoms with Crippen LogP contribution in [-0.4, -0.2) is 34.5 Å². The number of hydrogen-bond donors (Lipinski definition) is 1. The number of aliphatic carboxylic acids is 1. The van der Waals surface area contributed by atoms with Crippen LogP contribution in [0.3, 0.4) is 0 Å². The van der Waals surface area contributed by atoms with Gasteiger partial charge in [0.25, 0.3) is 5.91 Å². The first-order chi connectivity index (χ1) is 8.49. The van der Waals surface area contributed by atoms with Crippen molar-refractivity contribution in [3.63, 3.8) is 0 Å². The predicted molar refractivity (Wildman–Crippen MR) is 70.6 cm³/mol. The van der Waals surface area contributed by atoms with Crippen molar-refractivity contribution < 1.29 is 14.7 Å². The first-order valence-electron chi connectivity index (χ1n) is 5.80. The maximum atomic E-state index is 12.3. The van der Waals surface area contributed by atoms with E-state index < -0.39 is 12.0 Å². The molecule has 1 atom stereocenters. The fourth-order valence-corrected chi connectivity index (χ4v) is 2.90. The van der Waals surface area contributed by atoms with Crippen LogP contribution in [0.25, 0.3) is 0 Å². The summed E-state index contributed by atoms with van der Waals surface area (Å²) < 4.78 is 0.830. The average Bonchev–Trinajstić information content (AvgIpc) is 2.75. The second-order valence-electron chi connectivity index (χ2n) is 4.51. The summed E-state index contributed by atoms with van der Waals surface area (Å²) in [5, 5.41) is 9.09. The summed E-state index contributed by atoms with van der Waals surface area (Å²) in [5.41, 5.74) is 1.51. The molecule has 2 rings (SSSR count). The number of carboxylic acid groups (broad SMARTS) is 1. The Morgan fingerprint density at radius 3 is 2.72 bits per heavy atom. The fourth-order valence-electron chi connectivity index (χ4n) is 2.29. The zero-order valence-corrected chi connectivity index (χ0v) is 11.6. The molecule has 1 heterocycles. The summed E-state index contributed by atoms with van der Waals surface area (Å²) in [6.45, 7) is 2.42. The number of carbonyl (C=O) groups excluding carboxylic acids is 1. The molecule has 0 aliphatic carbocycles. The van der Waals surface area contributed by atoms with Crippen molar-refractivity contribution in [2.75, 3.05) is 6.54 Å². The third kappa shape index (κ3) is 2.56. The first-order valence-corrected chi connectivity index (χ1v) is 6.59. The highest BCUT2D eigenvalue weighted by Crippen LogP contribution is 2.22. The van der Waals surface area contributed by atoms with E-state index in [1.54, 1.807) is 12.1 Å². The molecular formula is C13H14BrNO3. The molecule has 1 saturated heterocycles. The third-order valence-corrected chi connectivity index (χ3v) is 3.55. The topological polar surface area (TPSA) is 57.6 Å². The van der Waals surface area contributed by atoms with E-state index in [-0.39, 0.29) is 5.91 Å². The third-order valence-electron chi connectivity index (χ3n) is 3.09. The van der Waals surface area contributed by atoms with Gasteiger partial charge >= 0.3 is 5.97 Å². The second-order valence-corrected chi connectivity index (χ2v) is 5.43. The molecule has 1 aliphatic heterocycles. The molecule has 1 amide bonds. The smallest absolute Gasteiger partial charge is 0.326 e. The van der Waals surface area contributed by atoms with Crippen LogP contribution in [0.4, 0.5) is 0 Å². The number of rotatable bonds is 2. The standard InChI is InChI=1S/C13H14BrNO3/c1-8-5-9(7-10(14)6-8)12(16)15-4-2-3-11(15)13(17)18/h5-7,11H,2-4H2,1H3,(H,17,18). The molecule has 1 aliphatic rings. The number of likely N-dealkylation sites (tertiary alicyclic amines) is 1. The van der Waals surface area contributed by atoms with E-state index in [4.69, 9.17) is 5.11 Å². The van der Waals surface area contributed by atoms with E-state index in [2.05, 4.69) is 15.9 Å². The molecule has 1 N–H and O–H groups in total. The van der Waals surface area contributed by atoms with Crippen LogP contribution < -0.4 is 0 Å². The first kappa shape index (κ1) is 13.1. The average molecular weight is 312 g/mol. The van der Waals surface area contributed by atoms with Gasteiger partial charge in [-0.3, -0.25) is 4.79 Å². The van der Waals surface area contributed by atoms with Crippen molar-refractivity contribution in [3.8, 4) is 0 Å². The molecule has 0 saturated carbocycles. The van der Waals surface area contributed by atoms with E-state index in [9.17, 15) is 9.59 Å². The maximum Gasteiger partial charge on any atom is 0.326 e. The van der Waals surface area contributed by atoms with Crippen molar-refractivity contribution in [2.45, 2.75) is 25.8 Å². The van der Waals surface area contributed by atoms with E-state index in [0.29, 0.717) is 18.5 Å². The normalized spacial score (nSPS) is 19.0. The predicted octanol–water partition coefficient (Wildman–Crippen LogP) is 2.45. The lowest BCUT2D eigenvalue weighted by Gasteiger charge is -2.21. The van der Waals surface area contributed by atoms with Gasteiger partial charge in [0.05, 0.1) is 0 Å². The van der Waals surface area contributed by atoms with E-state index in [1.165, 1.54) is 4.90 Å². The summed E-state index contributed by atoms with van der Waals surface area (Å²) in [6.07, 6.45) is 1.28. The van der Waals surface area contributed by atoms with Crippen LogP contribution in [0.15, 0.2) is 22.7 Å². The summed E-state index contributed by atoms with van der Waals surface area (Å²) in [7, 11) is 0. The Bertz CT molecular complexity index is 481. The molecule has 1 fully saturated rings. The Labute approximate surface area is 114 Å². The number of amides is 1. The van der Waals surface area contributed by atoms with Crippen LogP contribution in [0.1, 0.15) is 28.8 Å². The van der Waals surface area contributed by atoms with Gasteiger partial charge in [0, 0.05) is 16.6 Å². The Balaban J connectivity index is 2.28. The molecule has 5 heteroatoms. The van der Waals surface area contributed by atoms with Gasteiger partial charge in [-0.05, 0) is 43.5 Å². The highest BCUT2D eigenvalue weighted by Gasteiger charge is 2.34. The van der Waals surface area contributed by atoms with Crippen LogP contribution in [-0.2, 0) is 4.79 Å². The Kier molecular flexibility index (Phi) is 3.71. The van der Waals surface area contributed by atoms with Gasteiger partial charge in [0.2, 0.25) is 0 Å². The van der Waals surface area contributed by atoms with Gasteiger partial charge < -0.3 is 10.0 Å². The van der Waals surface area contributed by atoms with E-state index >= 15 is 0 Å². The van der Waals surface area contributed by atoms with Crippen molar-refractivity contribution in [2.24, 2.45) is 0 Å². The molecule has 96 valence electrons. The van der Waals surface area contributed by atoms with Crippen molar-refractivity contribution in [1.29, 1.82) is 0 Å². The fraction of sp³-hybridized carbons (Fsp3) is 0.385. The monoisotopic (exact) mass is 311 g/mol. The highest BCUT2D eigenvalue weighted by atomic mass is 79.9. The molecule has 4 nitrogen and oxygen atoms in total. The zero-order valence-electron chi connectivity index (χ0n) is 10.0.